The van der Waals surface area contributed by atoms with E-state index in [1.807, 2.05) is 11.6 Å². The maximum atomic E-state index is 14.9. The van der Waals surface area contributed by atoms with Crippen molar-refractivity contribution < 1.29 is 23.3 Å². The average Bonchev–Trinajstić information content (AvgIpc) is 3.52. The zero-order valence-corrected chi connectivity index (χ0v) is 20.6. The third-order valence-corrected chi connectivity index (χ3v) is 7.15. The second-order valence-electron chi connectivity index (χ2n) is 9.76. The van der Waals surface area contributed by atoms with E-state index in [4.69, 9.17) is 4.98 Å². The molecule has 188 valence electrons. The Bertz CT molecular complexity index is 1340. The first-order chi connectivity index (χ1) is 17.2. The highest BCUT2D eigenvalue weighted by atomic mass is 19.1. The van der Waals surface area contributed by atoms with Crippen LogP contribution in [0.1, 0.15) is 43.6 Å². The molecule has 4 aromatic rings. The van der Waals surface area contributed by atoms with Crippen molar-refractivity contribution in [1.29, 1.82) is 0 Å². The number of fused-ring (bicyclic) bond motifs is 1. The van der Waals surface area contributed by atoms with Gasteiger partial charge in [0.15, 0.2) is 0 Å². The monoisotopic (exact) mass is 495 g/mol. The number of hydrogen-bond acceptors (Lipinski definition) is 4. The van der Waals surface area contributed by atoms with E-state index in [1.54, 1.807) is 4.68 Å². The van der Waals surface area contributed by atoms with Gasteiger partial charge in [0.05, 0.1) is 0 Å². The molecule has 2 aromatic carbocycles. The Morgan fingerprint density at radius 2 is 1.92 bits per heavy atom. The Hall–Kier alpha value is -3.50. The van der Waals surface area contributed by atoms with Crippen molar-refractivity contribution in [2.24, 2.45) is 0 Å². The largest absolute Gasteiger partial charge is 0.379 e. The van der Waals surface area contributed by atoms with Gasteiger partial charge in [-0.05, 0) is 46.6 Å². The van der Waals surface area contributed by atoms with Crippen LogP contribution in [-0.4, -0.2) is 42.8 Å². The zero-order chi connectivity index (χ0) is 25.4. The summed E-state index contributed by atoms with van der Waals surface area (Å²) in [6.07, 6.45) is 3.00. The molecule has 0 aliphatic carbocycles. The summed E-state index contributed by atoms with van der Waals surface area (Å²) in [7, 11) is 0. The van der Waals surface area contributed by atoms with Gasteiger partial charge in [0.2, 0.25) is 6.33 Å². The average molecular weight is 496 g/mol. The first-order valence-corrected chi connectivity index (χ1v) is 12.1. The number of aromatic amines is 2. The number of rotatable bonds is 7. The number of nitrogens with one attached hydrogen (secondary N) is 2. The van der Waals surface area contributed by atoms with Crippen molar-refractivity contribution in [1.82, 2.24) is 25.1 Å². The summed E-state index contributed by atoms with van der Waals surface area (Å²) in [4.78, 5) is 10.9. The summed E-state index contributed by atoms with van der Waals surface area (Å²) in [5, 5.41) is 18.2. The second-order valence-corrected chi connectivity index (χ2v) is 9.76. The molecule has 0 bridgehead atoms. The third kappa shape index (κ3) is 4.54. The molecule has 0 radical (unpaired) electrons. The van der Waals surface area contributed by atoms with Crippen LogP contribution in [0.25, 0.3) is 11.4 Å². The molecule has 0 amide bonds. The fourth-order valence-electron chi connectivity index (χ4n) is 4.87. The fraction of sp³-hybridized carbons (Fsp3) is 0.385. The minimum absolute atomic E-state index is 0.0151. The van der Waals surface area contributed by atoms with Crippen LogP contribution in [0.5, 0.6) is 0 Å². The number of H-pyrrole nitrogens is 2. The van der Waals surface area contributed by atoms with Crippen LogP contribution in [0.2, 0.25) is 0 Å². The Kier molecular flexibility index (Phi) is 6.40. The van der Waals surface area contributed by atoms with E-state index in [0.717, 1.165) is 23.3 Å². The predicted octanol–water partition coefficient (Wildman–Crippen LogP) is 2.57. The molecule has 0 spiro atoms. The third-order valence-electron chi connectivity index (χ3n) is 7.15. The van der Waals surface area contributed by atoms with E-state index in [9.17, 15) is 13.9 Å². The number of nitrogens with zero attached hydrogens (tertiary/aromatic N) is 5. The number of aliphatic hydroxyl groups is 1. The van der Waals surface area contributed by atoms with Crippen LogP contribution in [0.15, 0.2) is 55.1 Å². The lowest BCUT2D eigenvalue weighted by molar-refractivity contribution is -0.768. The highest BCUT2D eigenvalue weighted by molar-refractivity contribution is 5.54. The molecule has 3 N–H and O–H groups in total. The first kappa shape index (κ1) is 24.2. The number of benzene rings is 2. The lowest BCUT2D eigenvalue weighted by Gasteiger charge is -2.40. The van der Waals surface area contributed by atoms with E-state index in [0.29, 0.717) is 25.6 Å². The highest BCUT2D eigenvalue weighted by Gasteiger charge is 2.45. The number of aromatic nitrogens is 6. The quantitative estimate of drug-likeness (QED) is 0.344. The maximum absolute atomic E-state index is 14.9. The van der Waals surface area contributed by atoms with Gasteiger partial charge in [0, 0.05) is 29.8 Å². The van der Waals surface area contributed by atoms with Crippen LogP contribution in [0.3, 0.4) is 0 Å². The van der Waals surface area contributed by atoms with Gasteiger partial charge in [-0.15, -0.1) is 0 Å². The molecular formula is C26H31F2N7O+2. The molecule has 10 heteroatoms. The lowest BCUT2D eigenvalue weighted by atomic mass is 9.85. The van der Waals surface area contributed by atoms with Crippen molar-refractivity contribution in [3.8, 4) is 11.4 Å². The Morgan fingerprint density at radius 3 is 2.58 bits per heavy atom. The summed E-state index contributed by atoms with van der Waals surface area (Å²) in [6.45, 7) is 7.91. The van der Waals surface area contributed by atoms with Crippen molar-refractivity contribution in [2.45, 2.75) is 58.0 Å². The van der Waals surface area contributed by atoms with E-state index < -0.39 is 23.3 Å². The SMILES string of the molecule is CC(C)c1ccc(-c2nc3[n+]([nH]2)CCN([C@H](C)[C@](O)(C[n+]2cnc[nH]2)c2ccc(F)cc2F)C3)cc1. The van der Waals surface area contributed by atoms with Gasteiger partial charge in [-0.1, -0.05) is 32.0 Å². The topological polar surface area (TPSA) is 88.6 Å². The first-order valence-electron chi connectivity index (χ1n) is 12.1. The van der Waals surface area contributed by atoms with E-state index in [2.05, 4.69) is 58.2 Å². The fourth-order valence-corrected chi connectivity index (χ4v) is 4.87. The molecule has 2 atom stereocenters. The van der Waals surface area contributed by atoms with Crippen molar-refractivity contribution in [2.75, 3.05) is 6.54 Å². The smallest absolute Gasteiger partial charge is 0.333 e. The molecule has 0 saturated carbocycles. The van der Waals surface area contributed by atoms with Gasteiger partial charge in [-0.25, -0.2) is 8.78 Å². The van der Waals surface area contributed by atoms with Gasteiger partial charge in [-0.3, -0.25) is 4.90 Å². The lowest BCUT2D eigenvalue weighted by Crippen LogP contribution is -2.61. The standard InChI is InChI=1S/C26H29F2N7O/c1-17(2)19-4-6-20(7-5-19)25-31-24-13-33(10-11-35(24)32-25)18(3)26(36,14-34-16-29-15-30-34)22-9-8-21(27)12-23(22)28/h4-9,12,15-18,36H,10-11,13-14H2,1-3H3/p+2/t18-,26-/m1/s1. The second kappa shape index (κ2) is 9.51. The summed E-state index contributed by atoms with van der Waals surface area (Å²) in [5.74, 6) is 0.584. The Balaban J connectivity index is 1.43. The highest BCUT2D eigenvalue weighted by Crippen LogP contribution is 2.32. The van der Waals surface area contributed by atoms with Gasteiger partial charge in [-0.2, -0.15) is 19.6 Å². The summed E-state index contributed by atoms with van der Waals surface area (Å²) < 4.78 is 32.2. The van der Waals surface area contributed by atoms with Crippen LogP contribution in [0, 0.1) is 11.6 Å². The van der Waals surface area contributed by atoms with Crippen LogP contribution in [-0.2, 0) is 25.2 Å². The van der Waals surface area contributed by atoms with Crippen LogP contribution < -0.4 is 9.36 Å². The van der Waals surface area contributed by atoms with Gasteiger partial charge in [0.25, 0.3) is 5.82 Å². The molecule has 1 aliphatic rings. The van der Waals surface area contributed by atoms with Gasteiger partial charge >= 0.3 is 12.2 Å². The molecule has 0 saturated heterocycles. The molecule has 36 heavy (non-hydrogen) atoms. The minimum atomic E-state index is -1.66. The molecular weight excluding hydrogens is 464 g/mol. The van der Waals surface area contributed by atoms with Crippen molar-refractivity contribution >= 4 is 0 Å². The Morgan fingerprint density at radius 1 is 1.14 bits per heavy atom. The summed E-state index contributed by atoms with van der Waals surface area (Å²) in [5.41, 5.74) is 0.639. The summed E-state index contributed by atoms with van der Waals surface area (Å²) >= 11 is 0. The van der Waals surface area contributed by atoms with E-state index >= 15 is 0 Å². The molecule has 8 nitrogen and oxygen atoms in total. The molecule has 0 fully saturated rings. The van der Waals surface area contributed by atoms with Crippen molar-refractivity contribution in [3.05, 3.63) is 83.7 Å². The number of hydrogen-bond donors (Lipinski definition) is 3. The molecule has 5 rings (SSSR count). The zero-order valence-electron chi connectivity index (χ0n) is 20.6. The van der Waals surface area contributed by atoms with Crippen molar-refractivity contribution in [3.63, 3.8) is 0 Å². The van der Waals surface area contributed by atoms with Gasteiger partial charge in [0.1, 0.15) is 36.9 Å². The molecule has 1 aliphatic heterocycles. The molecule has 3 heterocycles. The molecule has 2 aromatic heterocycles. The summed E-state index contributed by atoms with van der Waals surface area (Å²) in [6, 6.07) is 11.1. The number of halogens is 2. The predicted molar refractivity (Wildman–Crippen MR) is 127 cm³/mol. The maximum Gasteiger partial charge on any atom is 0.333 e. The van der Waals surface area contributed by atoms with Crippen LogP contribution in [0.4, 0.5) is 8.78 Å². The van der Waals surface area contributed by atoms with E-state index in [1.165, 1.54) is 30.4 Å². The van der Waals surface area contributed by atoms with Crippen LogP contribution >= 0.6 is 0 Å². The minimum Gasteiger partial charge on any atom is -0.379 e. The van der Waals surface area contributed by atoms with Gasteiger partial charge < -0.3 is 5.11 Å². The van der Waals surface area contributed by atoms with E-state index in [-0.39, 0.29) is 12.1 Å². The Labute approximate surface area is 208 Å². The normalized spacial score (nSPS) is 16.6. The molecule has 0 unspecified atom stereocenters.